The molecule has 0 unspecified atom stereocenters. The summed E-state index contributed by atoms with van der Waals surface area (Å²) in [5, 5.41) is 7.32. The Labute approximate surface area is 81.7 Å². The van der Waals surface area contributed by atoms with Gasteiger partial charge in [-0.1, -0.05) is 0 Å². The Kier molecular flexibility index (Phi) is 16.8. The molecule has 48 valence electrons. The van der Waals surface area contributed by atoms with E-state index in [4.69, 9.17) is 19.0 Å². The van der Waals surface area contributed by atoms with Crippen molar-refractivity contribution >= 4 is 37.4 Å². The van der Waals surface area contributed by atoms with E-state index in [9.17, 15) is 0 Å². The molecule has 0 fully saturated rings. The zero-order valence-corrected chi connectivity index (χ0v) is 6.15. The van der Waals surface area contributed by atoms with Crippen LogP contribution in [0.2, 0.25) is 0 Å². The Hall–Kier alpha value is 1.12. The van der Waals surface area contributed by atoms with Gasteiger partial charge in [0.05, 0.1) is 0 Å². The standard InChI is InChI=1S/CH2BN.HIO4.Na.H/c2-1-3;2-1(3,4)5;;/h2H2;2H;;. The van der Waals surface area contributed by atoms with Crippen molar-refractivity contribution in [2.24, 2.45) is 0 Å². The van der Waals surface area contributed by atoms with Gasteiger partial charge < -0.3 is 0 Å². The second kappa shape index (κ2) is 9.12. The molecule has 0 aromatic rings. The van der Waals surface area contributed by atoms with E-state index in [1.807, 2.05) is 0 Å². The molecule has 9 heavy (non-hydrogen) atoms. The molecule has 0 saturated heterocycles. The fourth-order valence-electron chi connectivity index (χ4n) is 0. The van der Waals surface area contributed by atoms with E-state index < -0.39 is 20.1 Å². The molecule has 0 aromatic heterocycles. The Morgan fingerprint density at radius 2 is 1.44 bits per heavy atom. The first-order chi connectivity index (χ1) is 3.41. The maximum absolute atomic E-state index is 8.73. The van der Waals surface area contributed by atoms with Crippen LogP contribution in [0.1, 0.15) is 0 Å². The maximum Gasteiger partial charge on any atom is 0.368 e. The van der Waals surface area contributed by atoms with Crippen molar-refractivity contribution in [3.8, 4) is 5.97 Å². The third-order valence-electron chi connectivity index (χ3n) is 0. The van der Waals surface area contributed by atoms with Crippen LogP contribution < -0.4 is 30.4 Å². The van der Waals surface area contributed by atoms with Gasteiger partial charge in [-0.05, 0) is 5.97 Å². The second-order valence-corrected chi connectivity index (χ2v) is 2.88. The predicted octanol–water partition coefficient (Wildman–Crippen LogP) is -8.67. The number of hydrogen-bond acceptors (Lipinski definition) is 5. The summed E-state index contributed by atoms with van der Waals surface area (Å²) in [6.45, 7) is 0. The van der Waals surface area contributed by atoms with Crippen molar-refractivity contribution in [1.29, 1.82) is 5.26 Å². The van der Waals surface area contributed by atoms with E-state index in [0.29, 0.717) is 0 Å². The van der Waals surface area contributed by atoms with Gasteiger partial charge in [0.2, 0.25) is 7.85 Å². The van der Waals surface area contributed by atoms with Crippen molar-refractivity contribution in [1.82, 2.24) is 0 Å². The maximum atomic E-state index is 8.73. The van der Waals surface area contributed by atoms with E-state index in [1.54, 1.807) is 5.97 Å². The van der Waals surface area contributed by atoms with E-state index >= 15 is 0 Å². The Morgan fingerprint density at radius 1 is 1.44 bits per heavy atom. The minimum absolute atomic E-state index is 0. The first-order valence-electron chi connectivity index (χ1n) is 1.36. The van der Waals surface area contributed by atoms with Crippen LogP contribution in [0.4, 0.5) is 0 Å². The molecule has 0 heterocycles. The Morgan fingerprint density at radius 3 is 1.44 bits per heavy atom. The summed E-state index contributed by atoms with van der Waals surface area (Å²) in [5.41, 5.74) is 0. The van der Waals surface area contributed by atoms with Gasteiger partial charge in [0.1, 0.15) is 0 Å². The zero-order chi connectivity index (χ0) is 7.21. The van der Waals surface area contributed by atoms with Crippen LogP contribution >= 0.6 is 0 Å². The van der Waals surface area contributed by atoms with Gasteiger partial charge in [0, 0.05) is 3.44 Å². The summed E-state index contributed by atoms with van der Waals surface area (Å²) in [5.74, 6) is 1.75. The Bertz CT molecular complexity index is 81.5. The molecule has 8 heteroatoms. The van der Waals surface area contributed by atoms with Crippen LogP contribution in [0.15, 0.2) is 0 Å². The van der Waals surface area contributed by atoms with Crippen molar-refractivity contribution in [3.05, 3.63) is 0 Å². The predicted molar refractivity (Wildman–Crippen MR) is 23.5 cm³/mol. The third-order valence-corrected chi connectivity index (χ3v) is 0. The molecule has 0 amide bonds. The van der Waals surface area contributed by atoms with Gasteiger partial charge in [-0.2, -0.15) is 0 Å². The number of halogens is 1. The molecular formula is CH4BINNaO4. The number of nitrogens with zero attached hydrogens (tertiary/aromatic N) is 1. The number of rotatable bonds is 0. The van der Waals surface area contributed by atoms with Crippen LogP contribution in [0.25, 0.3) is 0 Å². The quantitative estimate of drug-likeness (QED) is 0.341. The fraction of sp³-hybridized carbons (Fsp3) is 0. The summed E-state index contributed by atoms with van der Waals surface area (Å²) in [6.07, 6.45) is 0. The van der Waals surface area contributed by atoms with Crippen molar-refractivity contribution in [2.45, 2.75) is 0 Å². The Balaban J connectivity index is -0.0000000800. The number of nitriles is 1. The van der Waals surface area contributed by atoms with Crippen LogP contribution in [0, 0.1) is 11.2 Å². The molecule has 0 aliphatic rings. The normalized spacial score (nSPS) is 7.44. The van der Waals surface area contributed by atoms with Gasteiger partial charge >= 0.3 is 49.7 Å². The summed E-state index contributed by atoms with van der Waals surface area (Å²) in [7, 11) is 1.43. The van der Waals surface area contributed by atoms with Gasteiger partial charge in [-0.15, -0.1) is 0 Å². The number of hydrogen-bond donors (Lipinski definition) is 1. The van der Waals surface area contributed by atoms with E-state index in [0.717, 1.165) is 0 Å². The van der Waals surface area contributed by atoms with Gasteiger partial charge in [0.25, 0.3) is 0 Å². The molecule has 0 aromatic carbocycles. The molecule has 0 aliphatic carbocycles. The monoisotopic (exact) mass is 255 g/mol. The summed E-state index contributed by atoms with van der Waals surface area (Å²) < 4.78 is 33.2. The summed E-state index contributed by atoms with van der Waals surface area (Å²) in [6, 6.07) is 0. The van der Waals surface area contributed by atoms with Crippen LogP contribution in [-0.4, -0.2) is 40.8 Å². The van der Waals surface area contributed by atoms with Crippen molar-refractivity contribution in [2.75, 3.05) is 0 Å². The van der Waals surface area contributed by atoms with Gasteiger partial charge in [-0.25, -0.2) is 5.26 Å². The van der Waals surface area contributed by atoms with E-state index in [-0.39, 0.29) is 29.6 Å². The molecule has 5 nitrogen and oxygen atoms in total. The molecule has 0 spiro atoms. The fourth-order valence-corrected chi connectivity index (χ4v) is 0. The molecule has 0 saturated carbocycles. The molecule has 0 rings (SSSR count). The molecule has 0 aliphatic heterocycles. The summed E-state index contributed by atoms with van der Waals surface area (Å²) >= 11 is -5.69. The van der Waals surface area contributed by atoms with Gasteiger partial charge in [0.15, 0.2) is 0 Å². The molecule has 0 bridgehead atoms. The zero-order valence-electron chi connectivity index (χ0n) is 4.00. The smallest absolute Gasteiger partial charge is 0.256 e. The van der Waals surface area contributed by atoms with Crippen molar-refractivity contribution in [3.63, 3.8) is 0 Å². The molecule has 0 radical (unpaired) electrons. The topological polar surface area (TPSA) is 113 Å². The van der Waals surface area contributed by atoms with Crippen molar-refractivity contribution < 1.29 is 33.8 Å². The SMILES string of the molecule is BC#N.[NaH].[O-][I+3]([O-])([O-])O. The molecular weight excluding hydrogens is 251 g/mol. The molecule has 1 N–H and O–H groups in total. The average molecular weight is 255 g/mol. The van der Waals surface area contributed by atoms with Crippen LogP contribution in [0.5, 0.6) is 0 Å². The minimum Gasteiger partial charge on any atom is -0.256 e. The van der Waals surface area contributed by atoms with E-state index in [1.165, 1.54) is 7.85 Å². The molecule has 0 atom stereocenters. The first kappa shape index (κ1) is 16.6. The second-order valence-electron chi connectivity index (χ2n) is 0.620. The third kappa shape index (κ3) is 366. The van der Waals surface area contributed by atoms with Gasteiger partial charge in [-0.3, -0.25) is 10.3 Å². The van der Waals surface area contributed by atoms with Crippen LogP contribution in [0.3, 0.4) is 0 Å². The average Bonchev–Trinajstić information content (AvgIpc) is 1.27. The summed E-state index contributed by atoms with van der Waals surface area (Å²) in [4.78, 5) is 0. The van der Waals surface area contributed by atoms with Crippen LogP contribution in [-0.2, 0) is 0 Å². The van der Waals surface area contributed by atoms with E-state index in [2.05, 4.69) is 0 Å². The minimum atomic E-state index is -5.69. The first-order valence-corrected chi connectivity index (χ1v) is 4.96. The largest absolute Gasteiger partial charge is 0.368 e.